The molecule has 0 bridgehead atoms. The molecule has 1 aromatic heterocycles. The molecular formula is C11H18N2O. The van der Waals surface area contributed by atoms with Crippen molar-refractivity contribution in [3.63, 3.8) is 0 Å². The van der Waals surface area contributed by atoms with E-state index in [0.29, 0.717) is 5.92 Å². The van der Waals surface area contributed by atoms with E-state index in [1.807, 2.05) is 10.9 Å². The van der Waals surface area contributed by atoms with Crippen LogP contribution in [0.1, 0.15) is 44.1 Å². The molecular weight excluding hydrogens is 176 g/mol. The fourth-order valence-corrected chi connectivity index (χ4v) is 2.25. The lowest BCUT2D eigenvalue weighted by Gasteiger charge is -2.11. The summed E-state index contributed by atoms with van der Waals surface area (Å²) < 4.78 is 1.97. The largest absolute Gasteiger partial charge is 0.392 e. The van der Waals surface area contributed by atoms with Crippen molar-refractivity contribution in [3.05, 3.63) is 18.0 Å². The van der Waals surface area contributed by atoms with Crippen LogP contribution in [-0.2, 0) is 6.54 Å². The van der Waals surface area contributed by atoms with Gasteiger partial charge in [0.05, 0.1) is 12.3 Å². The number of nitrogens with zero attached hydrogens (tertiary/aromatic N) is 2. The minimum atomic E-state index is -0.144. The van der Waals surface area contributed by atoms with E-state index in [0.717, 1.165) is 32.2 Å². The van der Waals surface area contributed by atoms with Crippen LogP contribution in [0.2, 0.25) is 0 Å². The second-order valence-corrected chi connectivity index (χ2v) is 4.14. The first-order valence-electron chi connectivity index (χ1n) is 5.51. The minimum Gasteiger partial charge on any atom is -0.392 e. The monoisotopic (exact) mass is 194 g/mol. The molecule has 2 unspecified atom stereocenters. The molecule has 1 aromatic rings. The van der Waals surface area contributed by atoms with Crippen molar-refractivity contribution >= 4 is 0 Å². The van der Waals surface area contributed by atoms with Gasteiger partial charge in [0.1, 0.15) is 0 Å². The Bertz CT molecular complexity index is 295. The maximum Gasteiger partial charge on any atom is 0.0609 e. The Morgan fingerprint density at radius 1 is 1.57 bits per heavy atom. The molecule has 2 rings (SSSR count). The number of aliphatic hydroxyl groups is 1. The molecule has 1 fully saturated rings. The van der Waals surface area contributed by atoms with E-state index >= 15 is 0 Å². The summed E-state index contributed by atoms with van der Waals surface area (Å²) in [4.78, 5) is 0. The van der Waals surface area contributed by atoms with Gasteiger partial charge in [0, 0.05) is 18.7 Å². The highest BCUT2D eigenvalue weighted by Crippen LogP contribution is 2.34. The van der Waals surface area contributed by atoms with Gasteiger partial charge < -0.3 is 5.11 Å². The van der Waals surface area contributed by atoms with Gasteiger partial charge in [-0.15, -0.1) is 0 Å². The number of aryl methyl sites for hydroxylation is 1. The molecule has 1 heterocycles. The van der Waals surface area contributed by atoms with Crippen LogP contribution in [0.3, 0.4) is 0 Å². The smallest absolute Gasteiger partial charge is 0.0609 e. The lowest BCUT2D eigenvalue weighted by atomic mass is 9.99. The Kier molecular flexibility index (Phi) is 2.87. The van der Waals surface area contributed by atoms with Crippen LogP contribution in [0.25, 0.3) is 0 Å². The quantitative estimate of drug-likeness (QED) is 0.798. The number of hydrogen-bond donors (Lipinski definition) is 1. The van der Waals surface area contributed by atoms with Crippen molar-refractivity contribution in [2.45, 2.75) is 51.2 Å². The first-order valence-corrected chi connectivity index (χ1v) is 5.51. The number of rotatable bonds is 3. The number of aromatic nitrogens is 2. The molecule has 3 nitrogen and oxygen atoms in total. The Morgan fingerprint density at radius 3 is 3.07 bits per heavy atom. The first-order chi connectivity index (χ1) is 6.81. The van der Waals surface area contributed by atoms with E-state index in [1.165, 1.54) is 5.56 Å². The zero-order valence-electron chi connectivity index (χ0n) is 8.69. The molecule has 0 radical (unpaired) electrons. The maximum absolute atomic E-state index is 9.74. The fraction of sp³-hybridized carbons (Fsp3) is 0.727. The standard InChI is InChI=1S/C11H18N2O/c1-2-6-13-8-9(7-12-13)10-4-3-5-11(10)14/h7-8,10-11,14H,2-6H2,1H3. The predicted molar refractivity (Wildman–Crippen MR) is 55.1 cm³/mol. The van der Waals surface area contributed by atoms with E-state index in [4.69, 9.17) is 0 Å². The SMILES string of the molecule is CCCn1cc(C2CCCC2O)cn1. The average Bonchev–Trinajstić information content (AvgIpc) is 2.74. The van der Waals surface area contributed by atoms with Crippen molar-refractivity contribution < 1.29 is 5.11 Å². The van der Waals surface area contributed by atoms with E-state index < -0.39 is 0 Å². The third-order valence-corrected chi connectivity index (χ3v) is 3.01. The van der Waals surface area contributed by atoms with Crippen molar-refractivity contribution in [3.8, 4) is 0 Å². The molecule has 78 valence electrons. The van der Waals surface area contributed by atoms with Crippen molar-refractivity contribution in [1.82, 2.24) is 9.78 Å². The molecule has 0 aliphatic heterocycles. The summed E-state index contributed by atoms with van der Waals surface area (Å²) in [6, 6.07) is 0. The lowest BCUT2D eigenvalue weighted by molar-refractivity contribution is 0.164. The van der Waals surface area contributed by atoms with Crippen LogP contribution in [0.15, 0.2) is 12.4 Å². The van der Waals surface area contributed by atoms with Gasteiger partial charge >= 0.3 is 0 Å². The lowest BCUT2D eigenvalue weighted by Crippen LogP contribution is -2.10. The normalized spacial score (nSPS) is 27.0. The zero-order valence-corrected chi connectivity index (χ0v) is 8.69. The van der Waals surface area contributed by atoms with Crippen molar-refractivity contribution in [2.24, 2.45) is 0 Å². The molecule has 3 heteroatoms. The highest BCUT2D eigenvalue weighted by atomic mass is 16.3. The van der Waals surface area contributed by atoms with Crippen molar-refractivity contribution in [1.29, 1.82) is 0 Å². The second kappa shape index (κ2) is 4.13. The van der Waals surface area contributed by atoms with Crippen LogP contribution in [0.4, 0.5) is 0 Å². The molecule has 2 atom stereocenters. The topological polar surface area (TPSA) is 38.0 Å². The first kappa shape index (κ1) is 9.71. The summed E-state index contributed by atoms with van der Waals surface area (Å²) in [6.07, 6.45) is 8.16. The average molecular weight is 194 g/mol. The van der Waals surface area contributed by atoms with Gasteiger partial charge in [-0.1, -0.05) is 13.3 Å². The van der Waals surface area contributed by atoms with E-state index in [1.54, 1.807) is 0 Å². The highest BCUT2D eigenvalue weighted by molar-refractivity contribution is 5.14. The fourth-order valence-electron chi connectivity index (χ4n) is 2.25. The van der Waals surface area contributed by atoms with E-state index in [9.17, 15) is 5.11 Å². The van der Waals surface area contributed by atoms with Gasteiger partial charge in [-0.3, -0.25) is 4.68 Å². The summed E-state index contributed by atoms with van der Waals surface area (Å²) in [5.41, 5.74) is 1.21. The Hall–Kier alpha value is -0.830. The molecule has 1 aliphatic rings. The Labute approximate surface area is 84.7 Å². The van der Waals surface area contributed by atoms with Gasteiger partial charge in [0.2, 0.25) is 0 Å². The van der Waals surface area contributed by atoms with E-state index in [2.05, 4.69) is 18.2 Å². The molecule has 1 N–H and O–H groups in total. The van der Waals surface area contributed by atoms with Gasteiger partial charge in [-0.2, -0.15) is 5.10 Å². The molecule has 14 heavy (non-hydrogen) atoms. The van der Waals surface area contributed by atoms with Crippen LogP contribution < -0.4 is 0 Å². The van der Waals surface area contributed by atoms with Gasteiger partial charge in [0.25, 0.3) is 0 Å². The molecule has 0 saturated heterocycles. The zero-order chi connectivity index (χ0) is 9.97. The molecule has 0 spiro atoms. The maximum atomic E-state index is 9.74. The Balaban J connectivity index is 2.08. The third kappa shape index (κ3) is 1.82. The summed E-state index contributed by atoms with van der Waals surface area (Å²) in [7, 11) is 0. The summed E-state index contributed by atoms with van der Waals surface area (Å²) in [5, 5.41) is 14.0. The third-order valence-electron chi connectivity index (χ3n) is 3.01. The van der Waals surface area contributed by atoms with Crippen LogP contribution >= 0.6 is 0 Å². The van der Waals surface area contributed by atoms with Crippen LogP contribution in [0.5, 0.6) is 0 Å². The van der Waals surface area contributed by atoms with Gasteiger partial charge in [-0.05, 0) is 24.8 Å². The highest BCUT2D eigenvalue weighted by Gasteiger charge is 2.27. The Morgan fingerprint density at radius 2 is 2.43 bits per heavy atom. The summed E-state index contributed by atoms with van der Waals surface area (Å²) in [5.74, 6) is 0.334. The minimum absolute atomic E-state index is 0.144. The molecule has 1 saturated carbocycles. The van der Waals surface area contributed by atoms with Crippen LogP contribution in [0, 0.1) is 0 Å². The second-order valence-electron chi connectivity index (χ2n) is 4.14. The number of aliphatic hydroxyl groups excluding tert-OH is 1. The van der Waals surface area contributed by atoms with Crippen LogP contribution in [-0.4, -0.2) is 21.0 Å². The van der Waals surface area contributed by atoms with Gasteiger partial charge in [0.15, 0.2) is 0 Å². The predicted octanol–water partition coefficient (Wildman–Crippen LogP) is 1.92. The summed E-state index contributed by atoms with van der Waals surface area (Å²) >= 11 is 0. The molecule has 0 amide bonds. The van der Waals surface area contributed by atoms with Crippen molar-refractivity contribution in [2.75, 3.05) is 0 Å². The number of hydrogen-bond acceptors (Lipinski definition) is 2. The summed E-state index contributed by atoms with van der Waals surface area (Å²) in [6.45, 7) is 3.12. The molecule has 1 aliphatic carbocycles. The van der Waals surface area contributed by atoms with Gasteiger partial charge in [-0.25, -0.2) is 0 Å². The van der Waals surface area contributed by atoms with E-state index in [-0.39, 0.29) is 6.10 Å². The molecule has 0 aromatic carbocycles.